The van der Waals surface area contributed by atoms with Crippen LogP contribution in [0.2, 0.25) is 0 Å². The van der Waals surface area contributed by atoms with Gasteiger partial charge in [0.2, 0.25) is 0 Å². The van der Waals surface area contributed by atoms with Crippen LogP contribution in [0.3, 0.4) is 0 Å². The van der Waals surface area contributed by atoms with Gasteiger partial charge in [-0.25, -0.2) is 4.68 Å². The monoisotopic (exact) mass is 253 g/mol. The van der Waals surface area contributed by atoms with Crippen molar-refractivity contribution < 1.29 is 4.74 Å². The number of aromatic nitrogens is 2. The van der Waals surface area contributed by atoms with Crippen LogP contribution in [-0.4, -0.2) is 16.9 Å². The molecule has 1 heterocycles. The molecule has 4 nitrogen and oxygen atoms in total. The van der Waals surface area contributed by atoms with Crippen LogP contribution in [0.15, 0.2) is 24.3 Å². The van der Waals surface area contributed by atoms with Crippen LogP contribution in [0.1, 0.15) is 11.4 Å². The standard InChI is InChI=1S/C12H15N3O.ClH/c1-8-6-9(2)15(14-8)11-5-4-10(13)7-12(11)16-3;/h4-7H,13H2,1-3H3;1H. The van der Waals surface area contributed by atoms with E-state index in [0.717, 1.165) is 22.8 Å². The number of nitrogen functional groups attached to an aromatic ring is 1. The second kappa shape index (κ2) is 5.10. The fraction of sp³-hybridized carbons (Fsp3) is 0.250. The third-order valence-corrected chi connectivity index (χ3v) is 2.44. The molecule has 2 N–H and O–H groups in total. The number of nitrogens with two attached hydrogens (primary N) is 1. The van der Waals surface area contributed by atoms with E-state index in [0.29, 0.717) is 5.69 Å². The van der Waals surface area contributed by atoms with Crippen molar-refractivity contribution in [3.8, 4) is 11.4 Å². The third-order valence-electron chi connectivity index (χ3n) is 2.44. The normalized spacial score (nSPS) is 9.82. The number of benzene rings is 1. The van der Waals surface area contributed by atoms with E-state index < -0.39 is 0 Å². The van der Waals surface area contributed by atoms with Crippen molar-refractivity contribution in [3.63, 3.8) is 0 Å². The van der Waals surface area contributed by atoms with E-state index in [-0.39, 0.29) is 12.4 Å². The minimum atomic E-state index is 0. The zero-order chi connectivity index (χ0) is 11.7. The zero-order valence-electron chi connectivity index (χ0n) is 10.1. The molecule has 1 aromatic heterocycles. The van der Waals surface area contributed by atoms with E-state index in [1.165, 1.54) is 0 Å². The van der Waals surface area contributed by atoms with Crippen molar-refractivity contribution in [1.29, 1.82) is 0 Å². The summed E-state index contributed by atoms with van der Waals surface area (Å²) in [7, 11) is 1.63. The van der Waals surface area contributed by atoms with Crippen LogP contribution in [0.4, 0.5) is 5.69 Å². The van der Waals surface area contributed by atoms with E-state index in [2.05, 4.69) is 5.10 Å². The number of aryl methyl sites for hydroxylation is 2. The van der Waals surface area contributed by atoms with E-state index >= 15 is 0 Å². The molecule has 0 atom stereocenters. The van der Waals surface area contributed by atoms with Crippen LogP contribution in [0, 0.1) is 13.8 Å². The van der Waals surface area contributed by atoms with Gasteiger partial charge in [-0.3, -0.25) is 0 Å². The molecule has 0 radical (unpaired) electrons. The van der Waals surface area contributed by atoms with Crippen LogP contribution in [0.5, 0.6) is 5.75 Å². The minimum Gasteiger partial charge on any atom is -0.494 e. The molecule has 0 fully saturated rings. The summed E-state index contributed by atoms with van der Waals surface area (Å²) in [4.78, 5) is 0. The molecule has 5 heteroatoms. The number of nitrogens with zero attached hydrogens (tertiary/aromatic N) is 2. The highest BCUT2D eigenvalue weighted by Crippen LogP contribution is 2.26. The number of hydrogen-bond donors (Lipinski definition) is 1. The van der Waals surface area contributed by atoms with Crippen LogP contribution in [-0.2, 0) is 0 Å². The van der Waals surface area contributed by atoms with Gasteiger partial charge in [0.25, 0.3) is 0 Å². The second-order valence-electron chi connectivity index (χ2n) is 3.77. The molecule has 0 saturated heterocycles. The number of anilines is 1. The SMILES string of the molecule is COc1cc(N)ccc1-n1nc(C)cc1C.Cl. The molecule has 2 aromatic rings. The van der Waals surface area contributed by atoms with E-state index in [9.17, 15) is 0 Å². The Morgan fingerprint density at radius 3 is 2.47 bits per heavy atom. The highest BCUT2D eigenvalue weighted by molar-refractivity contribution is 5.85. The van der Waals surface area contributed by atoms with E-state index in [1.54, 1.807) is 13.2 Å². The quantitative estimate of drug-likeness (QED) is 0.837. The van der Waals surface area contributed by atoms with Gasteiger partial charge >= 0.3 is 0 Å². The third kappa shape index (κ3) is 2.53. The lowest BCUT2D eigenvalue weighted by atomic mass is 10.2. The lowest BCUT2D eigenvalue weighted by Gasteiger charge is -2.10. The predicted molar refractivity (Wildman–Crippen MR) is 71.3 cm³/mol. The first kappa shape index (κ1) is 13.4. The van der Waals surface area contributed by atoms with E-state index in [1.807, 2.05) is 36.7 Å². The van der Waals surface area contributed by atoms with Gasteiger partial charge in [0.15, 0.2) is 0 Å². The van der Waals surface area contributed by atoms with Crippen molar-refractivity contribution in [3.05, 3.63) is 35.7 Å². The van der Waals surface area contributed by atoms with Gasteiger partial charge in [0.1, 0.15) is 11.4 Å². The van der Waals surface area contributed by atoms with Crippen molar-refractivity contribution >= 4 is 18.1 Å². The first-order valence-electron chi connectivity index (χ1n) is 5.09. The molecule has 0 saturated carbocycles. The van der Waals surface area contributed by atoms with Gasteiger partial charge in [0, 0.05) is 17.4 Å². The first-order valence-corrected chi connectivity index (χ1v) is 5.09. The maximum absolute atomic E-state index is 5.71. The first-order chi connectivity index (χ1) is 7.61. The lowest BCUT2D eigenvalue weighted by molar-refractivity contribution is 0.411. The number of halogens is 1. The summed E-state index contributed by atoms with van der Waals surface area (Å²) in [5.41, 5.74) is 9.35. The average Bonchev–Trinajstić information content (AvgIpc) is 2.57. The maximum Gasteiger partial charge on any atom is 0.146 e. The summed E-state index contributed by atoms with van der Waals surface area (Å²) >= 11 is 0. The summed E-state index contributed by atoms with van der Waals surface area (Å²) in [5.74, 6) is 0.728. The highest BCUT2D eigenvalue weighted by atomic mass is 35.5. The Labute approximate surface area is 107 Å². The topological polar surface area (TPSA) is 53.1 Å². The molecule has 0 spiro atoms. The summed E-state index contributed by atoms with van der Waals surface area (Å²) in [6, 6.07) is 7.57. The fourth-order valence-electron chi connectivity index (χ4n) is 1.74. The molecule has 0 aliphatic heterocycles. The molecular formula is C12H16ClN3O. The van der Waals surface area contributed by atoms with Crippen LogP contribution < -0.4 is 10.5 Å². The Kier molecular flexibility index (Phi) is 4.02. The molecule has 0 bridgehead atoms. The molecule has 0 amide bonds. The summed E-state index contributed by atoms with van der Waals surface area (Å²) < 4.78 is 7.16. The lowest BCUT2D eigenvalue weighted by Crippen LogP contribution is -2.02. The summed E-state index contributed by atoms with van der Waals surface area (Å²) in [6.45, 7) is 3.98. The Morgan fingerprint density at radius 1 is 1.24 bits per heavy atom. The maximum atomic E-state index is 5.71. The molecule has 17 heavy (non-hydrogen) atoms. The van der Waals surface area contributed by atoms with Gasteiger partial charge in [-0.05, 0) is 32.0 Å². The molecule has 1 aromatic carbocycles. The van der Waals surface area contributed by atoms with Crippen LogP contribution >= 0.6 is 12.4 Å². The largest absolute Gasteiger partial charge is 0.494 e. The Morgan fingerprint density at radius 2 is 1.94 bits per heavy atom. The number of hydrogen-bond acceptors (Lipinski definition) is 3. The highest BCUT2D eigenvalue weighted by Gasteiger charge is 2.09. The minimum absolute atomic E-state index is 0. The zero-order valence-corrected chi connectivity index (χ0v) is 10.9. The van der Waals surface area contributed by atoms with Crippen LogP contribution in [0.25, 0.3) is 5.69 Å². The summed E-state index contributed by atoms with van der Waals surface area (Å²) in [6.07, 6.45) is 0. The molecule has 0 aliphatic rings. The van der Waals surface area contributed by atoms with Crippen molar-refractivity contribution in [1.82, 2.24) is 9.78 Å². The number of ether oxygens (including phenoxy) is 1. The Balaban J connectivity index is 0.00000144. The average molecular weight is 254 g/mol. The van der Waals surface area contributed by atoms with Crippen molar-refractivity contribution in [2.45, 2.75) is 13.8 Å². The van der Waals surface area contributed by atoms with E-state index in [4.69, 9.17) is 10.5 Å². The number of rotatable bonds is 2. The van der Waals surface area contributed by atoms with Crippen molar-refractivity contribution in [2.24, 2.45) is 0 Å². The fourth-order valence-corrected chi connectivity index (χ4v) is 1.74. The molecule has 0 aliphatic carbocycles. The molecule has 2 rings (SSSR count). The van der Waals surface area contributed by atoms with Crippen molar-refractivity contribution in [2.75, 3.05) is 12.8 Å². The number of methoxy groups -OCH3 is 1. The smallest absolute Gasteiger partial charge is 0.146 e. The predicted octanol–water partition coefficient (Wildman–Crippen LogP) is 2.50. The summed E-state index contributed by atoms with van der Waals surface area (Å²) in [5, 5.41) is 4.41. The van der Waals surface area contributed by atoms with Gasteiger partial charge in [-0.2, -0.15) is 5.10 Å². The van der Waals surface area contributed by atoms with Gasteiger partial charge in [-0.1, -0.05) is 0 Å². The second-order valence-corrected chi connectivity index (χ2v) is 3.77. The van der Waals surface area contributed by atoms with Gasteiger partial charge < -0.3 is 10.5 Å². The molecular weight excluding hydrogens is 238 g/mol. The Hall–Kier alpha value is -1.68. The van der Waals surface area contributed by atoms with Gasteiger partial charge in [-0.15, -0.1) is 12.4 Å². The molecule has 92 valence electrons. The molecule has 0 unspecified atom stereocenters. The Bertz CT molecular complexity index is 522. The van der Waals surface area contributed by atoms with Gasteiger partial charge in [0.05, 0.1) is 12.8 Å².